The van der Waals surface area contributed by atoms with Crippen LogP contribution in [0.1, 0.15) is 39.9 Å². The first kappa shape index (κ1) is 32.8. The Hall–Kier alpha value is 0.860. The van der Waals surface area contributed by atoms with Crippen molar-refractivity contribution in [3.8, 4) is 0 Å². The number of hydrogen-bond acceptors (Lipinski definition) is 0. The third-order valence-corrected chi connectivity index (χ3v) is 0. The van der Waals surface area contributed by atoms with Crippen LogP contribution in [0, 0.1) is 0 Å². The van der Waals surface area contributed by atoms with Crippen molar-refractivity contribution in [2.45, 2.75) is 37.1 Å². The van der Waals surface area contributed by atoms with Crippen molar-refractivity contribution in [1.29, 1.82) is 0 Å². The molecular formula is C7H30P2. The zero-order chi connectivity index (χ0) is 5.41. The second-order valence-electron chi connectivity index (χ2n) is 0. The molecule has 0 saturated heterocycles. The van der Waals surface area contributed by atoms with Crippen LogP contribution >= 0.6 is 18.5 Å². The van der Waals surface area contributed by atoms with Crippen LogP contribution in [0.5, 0.6) is 0 Å². The van der Waals surface area contributed by atoms with E-state index in [0.29, 0.717) is 13.3 Å². The number of rotatable bonds is 0. The monoisotopic (exact) mass is 178 g/mol. The maximum absolute atomic E-state index is 6.17. The predicted molar refractivity (Wildman–Crippen MR) is 64.9 cm³/mol. The van der Waals surface area contributed by atoms with E-state index in [-0.39, 0.29) is 37.1 Å². The summed E-state index contributed by atoms with van der Waals surface area (Å²) in [4.78, 5) is 0. The van der Waals surface area contributed by atoms with Crippen LogP contribution in [0.25, 0.3) is 0 Å². The fourth-order valence-electron chi connectivity index (χ4n) is 0. The zero-order valence-corrected chi connectivity index (χ0v) is 4.88. The Labute approximate surface area is 72.4 Å². The molecule has 0 amide bonds. The molecule has 0 aliphatic rings. The molecule has 0 saturated carbocycles. The summed E-state index contributed by atoms with van der Waals surface area (Å²) in [7, 11) is 4.49. The van der Waals surface area contributed by atoms with Crippen LogP contribution in [0.2, 0.25) is 0 Å². The van der Waals surface area contributed by atoms with Gasteiger partial charge < -0.3 is 0 Å². The molecule has 0 aromatic carbocycles. The quantitative estimate of drug-likeness (QED) is 0.488. The minimum absolute atomic E-state index is 0. The minimum Gasteiger partial charge on any atom is -0.141 e. The van der Waals surface area contributed by atoms with Crippen molar-refractivity contribution in [1.82, 2.24) is 0 Å². The molecule has 0 spiro atoms. The van der Waals surface area contributed by atoms with Gasteiger partial charge in [-0.3, -0.25) is 0 Å². The SMILES string of the molecule is C.C.C.C.C.[2H]CP.[2H]CP. The summed E-state index contributed by atoms with van der Waals surface area (Å²) in [6.07, 6.45) is 0. The minimum atomic E-state index is 0. The van der Waals surface area contributed by atoms with E-state index < -0.39 is 0 Å². The molecular weight excluding hydrogens is 146 g/mol. The van der Waals surface area contributed by atoms with Gasteiger partial charge in [0.1, 0.15) is 0 Å². The van der Waals surface area contributed by atoms with Crippen LogP contribution in [-0.4, -0.2) is 13.3 Å². The van der Waals surface area contributed by atoms with Gasteiger partial charge in [-0.25, -0.2) is 0 Å². The fourth-order valence-corrected chi connectivity index (χ4v) is 0. The lowest BCUT2D eigenvalue weighted by molar-refractivity contribution is 2.50. The molecule has 0 aliphatic carbocycles. The van der Waals surface area contributed by atoms with Gasteiger partial charge in [-0.1, -0.05) is 50.4 Å². The molecule has 2 unspecified atom stereocenters. The van der Waals surface area contributed by atoms with E-state index in [2.05, 4.69) is 18.5 Å². The van der Waals surface area contributed by atoms with E-state index in [1.54, 1.807) is 0 Å². The lowest BCUT2D eigenvalue weighted by Gasteiger charge is -1.10. The van der Waals surface area contributed by atoms with Crippen LogP contribution in [0.15, 0.2) is 0 Å². The zero-order valence-electron chi connectivity index (χ0n) is 4.57. The van der Waals surface area contributed by atoms with Crippen LogP contribution < -0.4 is 0 Å². The molecule has 9 heavy (non-hydrogen) atoms. The molecule has 0 aromatic heterocycles. The molecule has 2 atom stereocenters. The molecule has 0 N–H and O–H groups in total. The van der Waals surface area contributed by atoms with Crippen molar-refractivity contribution >= 4 is 18.5 Å². The molecule has 0 heterocycles. The first-order chi connectivity index (χ1) is 2.83. The van der Waals surface area contributed by atoms with E-state index in [9.17, 15) is 0 Å². The first-order valence-electron chi connectivity index (χ1n) is 2.23. The van der Waals surface area contributed by atoms with Gasteiger partial charge in [0.15, 0.2) is 0 Å². The lowest BCUT2D eigenvalue weighted by atomic mass is 12.0. The van der Waals surface area contributed by atoms with Gasteiger partial charge in [0.25, 0.3) is 0 Å². The molecule has 0 fully saturated rings. The highest BCUT2D eigenvalue weighted by molar-refractivity contribution is 7.15. The van der Waals surface area contributed by atoms with Gasteiger partial charge in [-0.15, -0.1) is 18.5 Å². The van der Waals surface area contributed by atoms with Crippen molar-refractivity contribution in [3.05, 3.63) is 0 Å². The fraction of sp³-hybridized carbons (Fsp3) is 1.00. The van der Waals surface area contributed by atoms with Gasteiger partial charge in [-0.2, -0.15) is 0 Å². The summed E-state index contributed by atoms with van der Waals surface area (Å²) >= 11 is 0. The molecule has 0 bridgehead atoms. The smallest absolute Gasteiger partial charge is 0.0274 e. The largest absolute Gasteiger partial charge is 0.141 e. The molecule has 68 valence electrons. The highest BCUT2D eigenvalue weighted by Crippen LogP contribution is 1.46. The Morgan fingerprint density at radius 3 is 0.778 bits per heavy atom. The van der Waals surface area contributed by atoms with Gasteiger partial charge in [0, 0.05) is 2.74 Å². The summed E-state index contributed by atoms with van der Waals surface area (Å²) in [5, 5.41) is 0. The van der Waals surface area contributed by atoms with E-state index in [4.69, 9.17) is 2.74 Å². The van der Waals surface area contributed by atoms with Crippen LogP contribution in [0.4, 0.5) is 0 Å². The van der Waals surface area contributed by atoms with E-state index in [0.717, 1.165) is 0 Å². The molecule has 0 radical (unpaired) electrons. The Balaban J connectivity index is -0.00000000400. The maximum atomic E-state index is 6.17. The topological polar surface area (TPSA) is 0 Å². The van der Waals surface area contributed by atoms with Crippen molar-refractivity contribution in [3.63, 3.8) is 0 Å². The molecule has 0 nitrogen and oxygen atoms in total. The normalized spacial score (nSPS) is 4.22. The van der Waals surface area contributed by atoms with Gasteiger partial charge >= 0.3 is 0 Å². The van der Waals surface area contributed by atoms with Crippen molar-refractivity contribution in [2.75, 3.05) is 13.3 Å². The van der Waals surface area contributed by atoms with Gasteiger partial charge in [0.2, 0.25) is 0 Å². The Morgan fingerprint density at radius 2 is 0.778 bits per heavy atom. The second kappa shape index (κ2) is 740. The molecule has 0 aromatic rings. The average Bonchev–Trinajstić information content (AvgIpc) is 1.39. The Kier molecular flexibility index (Phi) is 2690. The van der Waals surface area contributed by atoms with Crippen molar-refractivity contribution < 1.29 is 2.74 Å². The third kappa shape index (κ3) is 564. The Bertz CT molecular complexity index is 16.4. The van der Waals surface area contributed by atoms with E-state index in [1.165, 1.54) is 0 Å². The summed E-state index contributed by atoms with van der Waals surface area (Å²) in [6, 6.07) is 0. The van der Waals surface area contributed by atoms with E-state index >= 15 is 0 Å². The summed E-state index contributed by atoms with van der Waals surface area (Å²) in [6.45, 7) is 0.833. The lowest BCUT2D eigenvalue weighted by Crippen LogP contribution is -0.804. The summed E-state index contributed by atoms with van der Waals surface area (Å²) < 4.78 is 12.3. The van der Waals surface area contributed by atoms with Gasteiger partial charge in [-0.05, 0) is 0 Å². The predicted octanol–water partition coefficient (Wildman–Crippen LogP) is 4.16. The van der Waals surface area contributed by atoms with E-state index in [1.807, 2.05) is 0 Å². The average molecular weight is 178 g/mol. The summed E-state index contributed by atoms with van der Waals surface area (Å²) in [5.74, 6) is 0. The van der Waals surface area contributed by atoms with Crippen LogP contribution in [0.3, 0.4) is 0 Å². The van der Waals surface area contributed by atoms with Crippen LogP contribution in [-0.2, 0) is 0 Å². The van der Waals surface area contributed by atoms with Gasteiger partial charge in [0.05, 0.1) is 0 Å². The Morgan fingerprint density at radius 1 is 0.778 bits per heavy atom. The highest BCUT2D eigenvalue weighted by atomic mass is 31.0. The maximum Gasteiger partial charge on any atom is 0.0274 e. The molecule has 0 aliphatic heterocycles. The van der Waals surface area contributed by atoms with Crippen molar-refractivity contribution in [2.24, 2.45) is 0 Å². The highest BCUT2D eigenvalue weighted by Gasteiger charge is 0.908. The second-order valence-corrected chi connectivity index (χ2v) is 0. The molecule has 0 rings (SSSR count). The first-order valence-corrected chi connectivity index (χ1v) is 2.45. The third-order valence-electron chi connectivity index (χ3n) is 0. The standard InChI is InChI=1S/2CH5P.5CH4/c2*1-2;;;;;/h2*2H2,1H3;5*1H4/i2*1D;;;;;. The molecule has 2 heteroatoms. The summed E-state index contributed by atoms with van der Waals surface area (Å²) in [5.41, 5.74) is 0. The number of hydrogen-bond donors (Lipinski definition) is 0.